The second-order valence-electron chi connectivity index (χ2n) is 7.91. The average Bonchev–Trinajstić information content (AvgIpc) is 3.36. The van der Waals surface area contributed by atoms with Crippen LogP contribution in [0.5, 0.6) is 0 Å². The van der Waals surface area contributed by atoms with E-state index in [1.807, 2.05) is 12.1 Å². The van der Waals surface area contributed by atoms with Crippen LogP contribution in [0.1, 0.15) is 37.7 Å². The number of benzene rings is 2. The van der Waals surface area contributed by atoms with E-state index in [0.29, 0.717) is 23.4 Å². The minimum Gasteiger partial charge on any atom is -0.390 e. The summed E-state index contributed by atoms with van der Waals surface area (Å²) in [4.78, 5) is 24.5. The van der Waals surface area contributed by atoms with Crippen LogP contribution in [0.3, 0.4) is 0 Å². The van der Waals surface area contributed by atoms with E-state index in [1.54, 1.807) is 25.1 Å². The van der Waals surface area contributed by atoms with Gasteiger partial charge in [-0.05, 0) is 36.1 Å². The van der Waals surface area contributed by atoms with E-state index in [4.69, 9.17) is 5.73 Å². The van der Waals surface area contributed by atoms with E-state index in [9.17, 15) is 27.9 Å². The summed E-state index contributed by atoms with van der Waals surface area (Å²) in [5, 5.41) is 17.7. The Hall–Kier alpha value is -3.70. The summed E-state index contributed by atoms with van der Waals surface area (Å²) in [6.07, 6.45) is -4.10. The van der Waals surface area contributed by atoms with Crippen molar-refractivity contribution >= 4 is 33.2 Å². The molecular formula is C24H21F3N4O3S. The van der Waals surface area contributed by atoms with Crippen LogP contribution >= 0.6 is 11.3 Å². The zero-order valence-corrected chi connectivity index (χ0v) is 19.3. The number of amides is 2. The van der Waals surface area contributed by atoms with Gasteiger partial charge >= 0.3 is 6.18 Å². The molecule has 2 aromatic carbocycles. The number of carbonyl (C=O) groups excluding carboxylic acids is 2. The molecule has 0 saturated heterocycles. The Kier molecular flexibility index (Phi) is 6.64. The highest BCUT2D eigenvalue weighted by Gasteiger charge is 2.30. The number of primary amides is 1. The van der Waals surface area contributed by atoms with Crippen LogP contribution in [-0.4, -0.2) is 33.2 Å². The second kappa shape index (κ2) is 9.51. The summed E-state index contributed by atoms with van der Waals surface area (Å²) < 4.78 is 41.5. The van der Waals surface area contributed by atoms with Crippen molar-refractivity contribution in [1.29, 1.82) is 0 Å². The van der Waals surface area contributed by atoms with Gasteiger partial charge in [0.25, 0.3) is 5.91 Å². The van der Waals surface area contributed by atoms with Crippen molar-refractivity contribution in [2.75, 3.05) is 6.54 Å². The highest BCUT2D eigenvalue weighted by Crippen LogP contribution is 2.35. The number of thiophene rings is 1. The van der Waals surface area contributed by atoms with Gasteiger partial charge in [0.05, 0.1) is 46.1 Å². The predicted molar refractivity (Wildman–Crippen MR) is 125 cm³/mol. The largest absolute Gasteiger partial charge is 0.416 e. The van der Waals surface area contributed by atoms with Gasteiger partial charge in [-0.25, -0.2) is 4.68 Å². The molecule has 0 unspecified atom stereocenters. The van der Waals surface area contributed by atoms with Crippen LogP contribution in [-0.2, 0) is 24.0 Å². The molecule has 0 atom stereocenters. The Morgan fingerprint density at radius 3 is 2.60 bits per heavy atom. The number of carbonyl (C=O) groups is 2. The Morgan fingerprint density at radius 2 is 1.91 bits per heavy atom. The third-order valence-electron chi connectivity index (χ3n) is 5.39. The topological polar surface area (TPSA) is 110 Å². The van der Waals surface area contributed by atoms with Crippen LogP contribution in [0, 0.1) is 6.92 Å². The van der Waals surface area contributed by atoms with Gasteiger partial charge in [-0.3, -0.25) is 9.59 Å². The van der Waals surface area contributed by atoms with Gasteiger partial charge in [0, 0.05) is 11.3 Å². The Bertz CT molecular complexity index is 1430. The number of nitrogens with two attached hydrogens (primary N) is 1. The highest BCUT2D eigenvalue weighted by atomic mass is 32.1. The first-order valence-electron chi connectivity index (χ1n) is 10.5. The lowest BCUT2D eigenvalue weighted by Gasteiger charge is -2.09. The van der Waals surface area contributed by atoms with Crippen LogP contribution in [0.2, 0.25) is 0 Å². The van der Waals surface area contributed by atoms with Gasteiger partial charge in [-0.1, -0.05) is 30.3 Å². The summed E-state index contributed by atoms with van der Waals surface area (Å²) in [5.74, 6) is -1.29. The Labute approximate surface area is 202 Å². The molecule has 0 bridgehead atoms. The first-order chi connectivity index (χ1) is 16.6. The van der Waals surface area contributed by atoms with Crippen LogP contribution in [0.4, 0.5) is 13.2 Å². The first-order valence-corrected chi connectivity index (χ1v) is 11.3. The van der Waals surface area contributed by atoms with Crippen molar-refractivity contribution in [1.82, 2.24) is 15.1 Å². The van der Waals surface area contributed by atoms with Crippen molar-refractivity contribution in [2.45, 2.75) is 26.1 Å². The lowest BCUT2D eigenvalue weighted by Crippen LogP contribution is -2.34. The molecule has 182 valence electrons. The van der Waals surface area contributed by atoms with E-state index in [1.165, 1.54) is 22.1 Å². The van der Waals surface area contributed by atoms with E-state index < -0.39 is 30.2 Å². The van der Waals surface area contributed by atoms with Gasteiger partial charge in [0.2, 0.25) is 5.91 Å². The molecule has 7 nitrogen and oxygen atoms in total. The van der Waals surface area contributed by atoms with Crippen LogP contribution < -0.4 is 11.1 Å². The third kappa shape index (κ3) is 5.05. The summed E-state index contributed by atoms with van der Waals surface area (Å²) in [6.45, 7) is 0.773. The number of hydrogen-bond acceptors (Lipinski definition) is 5. The predicted octanol–water partition coefficient (Wildman–Crippen LogP) is 3.71. The van der Waals surface area contributed by atoms with Gasteiger partial charge in [-0.2, -0.15) is 18.3 Å². The number of aliphatic hydroxyl groups excluding tert-OH is 1. The molecule has 0 aliphatic carbocycles. The number of nitrogens with one attached hydrogen (secondary N) is 1. The molecule has 0 fully saturated rings. The number of aliphatic hydroxyl groups is 1. The molecular weight excluding hydrogens is 481 g/mol. The lowest BCUT2D eigenvalue weighted by molar-refractivity contribution is -0.137. The molecule has 0 saturated carbocycles. The van der Waals surface area contributed by atoms with Crippen molar-refractivity contribution < 1.29 is 27.9 Å². The van der Waals surface area contributed by atoms with Crippen molar-refractivity contribution in [3.8, 4) is 5.69 Å². The molecule has 2 heterocycles. The SMILES string of the molecule is Cc1nn(-c2cccc3cc(Cc4cccc(C(F)(F)F)c4)sc23)c(CO)c1C(=O)NCC(N)=O. The Balaban J connectivity index is 1.72. The molecule has 4 N–H and O–H groups in total. The number of aromatic nitrogens is 2. The number of rotatable bonds is 7. The van der Waals surface area contributed by atoms with Gasteiger partial charge in [0.15, 0.2) is 0 Å². The second-order valence-corrected chi connectivity index (χ2v) is 9.05. The fourth-order valence-corrected chi connectivity index (χ4v) is 5.08. The number of fused-ring (bicyclic) bond motifs is 1. The number of nitrogens with zero attached hydrogens (tertiary/aromatic N) is 2. The quantitative estimate of drug-likeness (QED) is 0.358. The van der Waals surface area contributed by atoms with Crippen molar-refractivity contribution in [3.63, 3.8) is 0 Å². The normalized spacial score (nSPS) is 11.7. The fourth-order valence-electron chi connectivity index (χ4n) is 3.89. The standard InChI is InChI=1S/C24H21F3N4O3S/c1-13-21(23(34)29-11-20(28)33)19(12-32)31(30-13)18-7-3-5-15-10-17(35-22(15)18)9-14-4-2-6-16(8-14)24(25,26)27/h2-8,10,32H,9,11-12H2,1H3,(H2,28,33)(H,29,34). The number of alkyl halides is 3. The fraction of sp³-hybridized carbons (Fsp3) is 0.208. The zero-order valence-electron chi connectivity index (χ0n) is 18.5. The molecule has 0 aliphatic rings. The monoisotopic (exact) mass is 502 g/mol. The van der Waals surface area contributed by atoms with E-state index in [2.05, 4.69) is 10.4 Å². The molecule has 0 aliphatic heterocycles. The minimum atomic E-state index is -4.41. The average molecular weight is 503 g/mol. The molecule has 4 aromatic rings. The van der Waals surface area contributed by atoms with Crippen LogP contribution in [0.25, 0.3) is 15.8 Å². The molecule has 11 heteroatoms. The van der Waals surface area contributed by atoms with E-state index >= 15 is 0 Å². The Morgan fingerprint density at radius 1 is 1.17 bits per heavy atom. The zero-order chi connectivity index (χ0) is 25.3. The van der Waals surface area contributed by atoms with Gasteiger partial charge < -0.3 is 16.2 Å². The third-order valence-corrected chi connectivity index (χ3v) is 6.56. The van der Waals surface area contributed by atoms with Crippen LogP contribution in [0.15, 0.2) is 48.5 Å². The number of hydrogen-bond donors (Lipinski definition) is 3. The van der Waals surface area contributed by atoms with E-state index in [0.717, 1.165) is 27.1 Å². The number of halogens is 3. The van der Waals surface area contributed by atoms with E-state index in [-0.39, 0.29) is 17.8 Å². The van der Waals surface area contributed by atoms with Gasteiger partial charge in [0.1, 0.15) is 0 Å². The molecule has 4 rings (SSSR count). The maximum Gasteiger partial charge on any atom is 0.416 e. The highest BCUT2D eigenvalue weighted by molar-refractivity contribution is 7.19. The maximum absolute atomic E-state index is 13.1. The first kappa shape index (κ1) is 24.4. The van der Waals surface area contributed by atoms with Crippen molar-refractivity contribution in [2.24, 2.45) is 5.73 Å². The summed E-state index contributed by atoms with van der Waals surface area (Å²) in [7, 11) is 0. The summed E-state index contributed by atoms with van der Waals surface area (Å²) in [5.41, 5.74) is 6.29. The van der Waals surface area contributed by atoms with Gasteiger partial charge in [-0.15, -0.1) is 11.3 Å². The summed E-state index contributed by atoms with van der Waals surface area (Å²) >= 11 is 1.40. The molecule has 35 heavy (non-hydrogen) atoms. The molecule has 0 radical (unpaired) electrons. The smallest absolute Gasteiger partial charge is 0.390 e. The molecule has 2 aromatic heterocycles. The summed E-state index contributed by atoms with van der Waals surface area (Å²) in [6, 6.07) is 12.6. The maximum atomic E-state index is 13.1. The van der Waals surface area contributed by atoms with Crippen molar-refractivity contribution in [3.05, 3.63) is 81.5 Å². The lowest BCUT2D eigenvalue weighted by atomic mass is 10.1. The minimum absolute atomic E-state index is 0.145. The molecule has 2 amide bonds. The molecule has 0 spiro atoms. The number of aryl methyl sites for hydroxylation is 1.